The summed E-state index contributed by atoms with van der Waals surface area (Å²) in [6.45, 7) is 1.88. The summed E-state index contributed by atoms with van der Waals surface area (Å²) in [5.41, 5.74) is 0.578. The first-order valence-corrected chi connectivity index (χ1v) is 12.8. The molecule has 29 heavy (non-hydrogen) atoms. The Morgan fingerprint density at radius 2 is 1.59 bits per heavy atom. The minimum Gasteiger partial charge on any atom is -0.483 e. The Balaban J connectivity index is 1.62. The molecular formula is C20H32N4O4S. The fraction of sp³-hybridized carbons (Fsp3) is 0.800. The van der Waals surface area contributed by atoms with Crippen molar-refractivity contribution in [1.82, 2.24) is 14.1 Å². The third-order valence-corrected chi connectivity index (χ3v) is 7.80. The molecule has 0 aromatic carbocycles. The highest BCUT2D eigenvalue weighted by atomic mass is 32.2. The molecule has 0 unspecified atom stereocenters. The Kier molecular flexibility index (Phi) is 6.15. The van der Waals surface area contributed by atoms with Crippen molar-refractivity contribution in [3.05, 3.63) is 16.6 Å². The van der Waals surface area contributed by atoms with Crippen LogP contribution in [0.1, 0.15) is 63.8 Å². The first-order valence-electron chi connectivity index (χ1n) is 10.9. The zero-order chi connectivity index (χ0) is 20.4. The van der Waals surface area contributed by atoms with Crippen molar-refractivity contribution in [2.45, 2.75) is 69.9 Å². The fourth-order valence-electron chi connectivity index (χ4n) is 4.80. The van der Waals surface area contributed by atoms with E-state index in [2.05, 4.69) is 5.10 Å². The van der Waals surface area contributed by atoms with Crippen LogP contribution in [0.4, 0.5) is 5.69 Å². The predicted molar refractivity (Wildman–Crippen MR) is 112 cm³/mol. The molecular weight excluding hydrogens is 392 g/mol. The van der Waals surface area contributed by atoms with Crippen LogP contribution in [-0.2, 0) is 10.0 Å². The molecule has 0 N–H and O–H groups in total. The maximum atomic E-state index is 13.4. The first-order chi connectivity index (χ1) is 13.9. The number of hydrogen-bond acceptors (Lipinski definition) is 6. The van der Waals surface area contributed by atoms with Gasteiger partial charge in [0.1, 0.15) is 5.69 Å². The van der Waals surface area contributed by atoms with Crippen molar-refractivity contribution in [1.29, 1.82) is 0 Å². The average Bonchev–Trinajstić information content (AvgIpc) is 3.23. The highest BCUT2D eigenvalue weighted by molar-refractivity contribution is 7.88. The van der Waals surface area contributed by atoms with Gasteiger partial charge in [0.15, 0.2) is 0 Å². The minimum atomic E-state index is -3.20. The summed E-state index contributed by atoms with van der Waals surface area (Å²) in [6, 6.07) is 0.151. The maximum absolute atomic E-state index is 13.4. The molecule has 0 atom stereocenters. The molecule has 1 aromatic heterocycles. The number of aromatic nitrogens is 2. The van der Waals surface area contributed by atoms with E-state index in [0.29, 0.717) is 37.6 Å². The lowest BCUT2D eigenvalue weighted by Gasteiger charge is -2.35. The van der Waals surface area contributed by atoms with Crippen molar-refractivity contribution in [2.75, 3.05) is 37.3 Å². The number of piperazine rings is 1. The number of hydrogen-bond donors (Lipinski definition) is 0. The van der Waals surface area contributed by atoms with Gasteiger partial charge in [0, 0.05) is 26.2 Å². The predicted octanol–water partition coefficient (Wildman–Crippen LogP) is 2.15. The molecule has 0 spiro atoms. The van der Waals surface area contributed by atoms with Crippen LogP contribution in [0, 0.1) is 0 Å². The van der Waals surface area contributed by atoms with Crippen LogP contribution in [0.2, 0.25) is 0 Å². The smallest absolute Gasteiger partial charge is 0.311 e. The maximum Gasteiger partial charge on any atom is 0.311 e. The number of nitrogens with zero attached hydrogens (tertiary/aromatic N) is 4. The highest BCUT2D eigenvalue weighted by Crippen LogP contribution is 2.32. The molecule has 4 rings (SSSR count). The van der Waals surface area contributed by atoms with E-state index in [-0.39, 0.29) is 17.7 Å². The lowest BCUT2D eigenvalue weighted by atomic mass is 9.96. The monoisotopic (exact) mass is 424 g/mol. The average molecular weight is 425 g/mol. The molecule has 8 nitrogen and oxygen atoms in total. The summed E-state index contributed by atoms with van der Waals surface area (Å²) in [7, 11) is -3.20. The summed E-state index contributed by atoms with van der Waals surface area (Å²) in [5, 5.41) is 4.53. The Morgan fingerprint density at radius 3 is 2.21 bits per heavy atom. The third kappa shape index (κ3) is 4.60. The van der Waals surface area contributed by atoms with E-state index in [1.54, 1.807) is 10.9 Å². The van der Waals surface area contributed by atoms with E-state index in [9.17, 15) is 13.2 Å². The van der Waals surface area contributed by atoms with E-state index >= 15 is 0 Å². The summed E-state index contributed by atoms with van der Waals surface area (Å²) >= 11 is 0. The van der Waals surface area contributed by atoms with Crippen molar-refractivity contribution >= 4 is 15.7 Å². The van der Waals surface area contributed by atoms with Gasteiger partial charge in [0.25, 0.3) is 0 Å². The molecule has 1 saturated heterocycles. The molecule has 3 fully saturated rings. The standard InChI is InChI=1S/C20H32N4O4S/c1-29(26,27)23-13-11-22(12-14-23)18-15-21-24(16-7-3-2-4-8-16)20(25)19(18)28-17-9-5-6-10-17/h15-17H,2-14H2,1H3. The van der Waals surface area contributed by atoms with Crippen LogP contribution in [0.5, 0.6) is 5.75 Å². The van der Waals surface area contributed by atoms with Crippen LogP contribution in [0.3, 0.4) is 0 Å². The van der Waals surface area contributed by atoms with Gasteiger partial charge in [-0.05, 0) is 38.5 Å². The quantitative estimate of drug-likeness (QED) is 0.720. The molecule has 2 heterocycles. The van der Waals surface area contributed by atoms with E-state index in [4.69, 9.17) is 4.74 Å². The zero-order valence-electron chi connectivity index (χ0n) is 17.3. The molecule has 1 aliphatic heterocycles. The van der Waals surface area contributed by atoms with Gasteiger partial charge in [-0.2, -0.15) is 9.40 Å². The van der Waals surface area contributed by atoms with Gasteiger partial charge in [0.2, 0.25) is 15.8 Å². The zero-order valence-corrected chi connectivity index (χ0v) is 18.1. The number of anilines is 1. The van der Waals surface area contributed by atoms with Crippen LogP contribution in [0.15, 0.2) is 11.0 Å². The molecule has 3 aliphatic rings. The third-order valence-electron chi connectivity index (χ3n) is 6.50. The Labute approximate surface area is 172 Å². The van der Waals surface area contributed by atoms with Crippen LogP contribution >= 0.6 is 0 Å². The number of sulfonamides is 1. The van der Waals surface area contributed by atoms with Crippen molar-refractivity contribution < 1.29 is 13.2 Å². The van der Waals surface area contributed by atoms with Crippen LogP contribution in [-0.4, -0.2) is 61.0 Å². The van der Waals surface area contributed by atoms with Crippen LogP contribution < -0.4 is 15.2 Å². The Bertz CT molecular complexity index is 865. The summed E-state index contributed by atoms with van der Waals surface area (Å²) < 4.78 is 33.0. The van der Waals surface area contributed by atoms with Gasteiger partial charge >= 0.3 is 5.56 Å². The molecule has 2 saturated carbocycles. The molecule has 2 aliphatic carbocycles. The summed E-state index contributed by atoms with van der Waals surface area (Å²) in [6.07, 6.45) is 12.8. The second-order valence-corrected chi connectivity index (χ2v) is 10.6. The molecule has 9 heteroatoms. The first kappa shape index (κ1) is 20.7. The topological polar surface area (TPSA) is 84.7 Å². The second-order valence-electron chi connectivity index (χ2n) is 8.57. The van der Waals surface area contributed by atoms with Crippen molar-refractivity contribution in [2.24, 2.45) is 0 Å². The minimum absolute atomic E-state index is 0.0842. The Hall–Kier alpha value is -1.61. The molecule has 1 aromatic rings. The summed E-state index contributed by atoms with van der Waals surface area (Å²) in [4.78, 5) is 15.4. The lowest BCUT2D eigenvalue weighted by molar-refractivity contribution is 0.201. The SMILES string of the molecule is CS(=O)(=O)N1CCN(c2cnn(C3CCCCC3)c(=O)c2OC2CCCC2)CC1. The van der Waals surface area contributed by atoms with Gasteiger partial charge in [-0.3, -0.25) is 4.79 Å². The van der Waals surface area contributed by atoms with Gasteiger partial charge in [-0.15, -0.1) is 0 Å². The normalized spacial score (nSPS) is 22.9. The van der Waals surface area contributed by atoms with Gasteiger partial charge < -0.3 is 9.64 Å². The highest BCUT2D eigenvalue weighted by Gasteiger charge is 2.29. The van der Waals surface area contributed by atoms with Gasteiger partial charge in [-0.25, -0.2) is 13.1 Å². The molecule has 0 radical (unpaired) electrons. The Morgan fingerprint density at radius 1 is 0.966 bits per heavy atom. The molecule has 162 valence electrons. The van der Waals surface area contributed by atoms with Crippen LogP contribution in [0.25, 0.3) is 0 Å². The second kappa shape index (κ2) is 8.63. The lowest BCUT2D eigenvalue weighted by Crippen LogP contribution is -2.49. The largest absolute Gasteiger partial charge is 0.483 e. The fourth-order valence-corrected chi connectivity index (χ4v) is 5.62. The number of rotatable bonds is 5. The van der Waals surface area contributed by atoms with Crippen molar-refractivity contribution in [3.8, 4) is 5.75 Å². The van der Waals surface area contributed by atoms with E-state index < -0.39 is 10.0 Å². The van der Waals surface area contributed by atoms with Gasteiger partial charge in [0.05, 0.1) is 24.6 Å². The molecule has 0 amide bonds. The summed E-state index contributed by atoms with van der Waals surface area (Å²) in [5.74, 6) is 0.408. The van der Waals surface area contributed by atoms with E-state index in [1.807, 2.05) is 4.90 Å². The van der Waals surface area contributed by atoms with Crippen molar-refractivity contribution in [3.63, 3.8) is 0 Å². The molecule has 0 bridgehead atoms. The number of ether oxygens (including phenoxy) is 1. The van der Waals surface area contributed by atoms with Gasteiger partial charge in [-0.1, -0.05) is 19.3 Å². The van der Waals surface area contributed by atoms with E-state index in [1.165, 1.54) is 17.0 Å². The van der Waals surface area contributed by atoms with E-state index in [0.717, 1.165) is 51.4 Å².